The van der Waals surface area contributed by atoms with E-state index in [1.807, 2.05) is 0 Å². The number of ether oxygens (including phenoxy) is 1. The zero-order chi connectivity index (χ0) is 16.7. The SMILES string of the molecule is O=C(Cc1c[nH]c2ccc(F)cc12)N[C@@H]1C[C@@H](O)C12CCOCC2. The predicted molar refractivity (Wildman–Crippen MR) is 87.0 cm³/mol. The van der Waals surface area contributed by atoms with Crippen molar-refractivity contribution in [2.24, 2.45) is 5.41 Å². The number of hydrogen-bond acceptors (Lipinski definition) is 3. The number of aliphatic hydroxyl groups excluding tert-OH is 1. The average Bonchev–Trinajstić information content (AvgIpc) is 2.97. The van der Waals surface area contributed by atoms with Crippen LogP contribution in [0.25, 0.3) is 10.9 Å². The Bertz CT molecular complexity index is 767. The van der Waals surface area contributed by atoms with Crippen LogP contribution in [0.3, 0.4) is 0 Å². The molecule has 2 fully saturated rings. The van der Waals surface area contributed by atoms with Gasteiger partial charge in [-0.15, -0.1) is 0 Å². The van der Waals surface area contributed by atoms with Crippen molar-refractivity contribution in [1.29, 1.82) is 0 Å². The molecule has 2 atom stereocenters. The van der Waals surface area contributed by atoms with E-state index >= 15 is 0 Å². The molecule has 1 saturated carbocycles. The molecule has 0 unspecified atom stereocenters. The average molecular weight is 332 g/mol. The summed E-state index contributed by atoms with van der Waals surface area (Å²) in [6.45, 7) is 1.26. The molecule has 128 valence electrons. The second-order valence-corrected chi connectivity index (χ2v) is 6.90. The molecule has 1 saturated heterocycles. The third-order valence-electron chi connectivity index (χ3n) is 5.66. The smallest absolute Gasteiger partial charge is 0.224 e. The van der Waals surface area contributed by atoms with Gasteiger partial charge in [0.2, 0.25) is 5.91 Å². The van der Waals surface area contributed by atoms with Gasteiger partial charge in [-0.2, -0.15) is 0 Å². The summed E-state index contributed by atoms with van der Waals surface area (Å²) < 4.78 is 18.8. The summed E-state index contributed by atoms with van der Waals surface area (Å²) in [6.07, 6.45) is 3.73. The van der Waals surface area contributed by atoms with Gasteiger partial charge in [0.25, 0.3) is 0 Å². The molecular formula is C18H21FN2O3. The first-order valence-corrected chi connectivity index (χ1v) is 8.39. The summed E-state index contributed by atoms with van der Waals surface area (Å²) in [5.74, 6) is -0.407. The standard InChI is InChI=1S/C18H21FN2O3/c19-12-1-2-14-13(8-12)11(10-20-14)7-17(23)21-15-9-16(22)18(15)3-5-24-6-4-18/h1-2,8,10,15-16,20,22H,3-7,9H2,(H,21,23)/t15-,16-/m1/s1. The molecule has 3 N–H and O–H groups in total. The van der Waals surface area contributed by atoms with Crippen LogP contribution in [0.15, 0.2) is 24.4 Å². The van der Waals surface area contributed by atoms with Crippen LogP contribution in [0.2, 0.25) is 0 Å². The largest absolute Gasteiger partial charge is 0.392 e. The van der Waals surface area contributed by atoms with Crippen LogP contribution in [-0.2, 0) is 16.0 Å². The number of carbonyl (C=O) groups is 1. The number of aromatic nitrogens is 1. The van der Waals surface area contributed by atoms with Gasteiger partial charge < -0.3 is 20.1 Å². The van der Waals surface area contributed by atoms with Crippen LogP contribution in [-0.4, -0.2) is 41.4 Å². The first kappa shape index (κ1) is 15.6. The summed E-state index contributed by atoms with van der Waals surface area (Å²) in [6, 6.07) is 4.51. The van der Waals surface area contributed by atoms with Gasteiger partial charge in [-0.3, -0.25) is 4.79 Å². The lowest BCUT2D eigenvalue weighted by atomic mass is 9.58. The van der Waals surface area contributed by atoms with Gasteiger partial charge in [0, 0.05) is 41.8 Å². The monoisotopic (exact) mass is 332 g/mol. The Hall–Kier alpha value is -1.92. The zero-order valence-corrected chi connectivity index (χ0v) is 13.3. The highest BCUT2D eigenvalue weighted by Gasteiger charge is 2.55. The highest BCUT2D eigenvalue weighted by Crippen LogP contribution is 2.48. The number of H-pyrrole nitrogens is 1. The number of aromatic amines is 1. The molecule has 1 aliphatic heterocycles. The zero-order valence-electron chi connectivity index (χ0n) is 13.3. The number of hydrogen-bond donors (Lipinski definition) is 3. The first-order chi connectivity index (χ1) is 11.6. The van der Waals surface area contributed by atoms with Crippen molar-refractivity contribution in [2.45, 2.75) is 37.8 Å². The maximum Gasteiger partial charge on any atom is 0.224 e. The summed E-state index contributed by atoms with van der Waals surface area (Å²) in [4.78, 5) is 15.5. The fraction of sp³-hybridized carbons (Fsp3) is 0.500. The molecule has 6 heteroatoms. The van der Waals surface area contributed by atoms with Crippen molar-refractivity contribution < 1.29 is 19.0 Å². The van der Waals surface area contributed by atoms with Crippen molar-refractivity contribution in [3.63, 3.8) is 0 Å². The van der Waals surface area contributed by atoms with Crippen LogP contribution < -0.4 is 5.32 Å². The minimum atomic E-state index is -0.367. The molecule has 24 heavy (non-hydrogen) atoms. The quantitative estimate of drug-likeness (QED) is 0.804. The Kier molecular flexibility index (Phi) is 3.81. The molecule has 0 bridgehead atoms. The normalized spacial score (nSPS) is 25.6. The summed E-state index contributed by atoms with van der Waals surface area (Å²) in [5.41, 5.74) is 1.36. The van der Waals surface area contributed by atoms with Crippen molar-refractivity contribution in [1.82, 2.24) is 10.3 Å². The van der Waals surface area contributed by atoms with Crippen LogP contribution in [0, 0.1) is 11.2 Å². The van der Waals surface area contributed by atoms with Gasteiger partial charge in [-0.1, -0.05) is 0 Å². The van der Waals surface area contributed by atoms with E-state index in [0.29, 0.717) is 19.6 Å². The number of aliphatic hydroxyl groups is 1. The number of amides is 1. The molecule has 2 aliphatic rings. The van der Waals surface area contributed by atoms with Crippen LogP contribution in [0.5, 0.6) is 0 Å². The van der Waals surface area contributed by atoms with E-state index in [0.717, 1.165) is 29.3 Å². The van der Waals surface area contributed by atoms with E-state index in [2.05, 4.69) is 10.3 Å². The van der Waals surface area contributed by atoms with Gasteiger partial charge in [0.1, 0.15) is 5.82 Å². The fourth-order valence-electron chi connectivity index (χ4n) is 4.12. The van der Waals surface area contributed by atoms with E-state index in [1.54, 1.807) is 12.3 Å². The molecule has 0 radical (unpaired) electrons. The van der Waals surface area contributed by atoms with Crippen molar-refractivity contribution in [3.8, 4) is 0 Å². The second kappa shape index (κ2) is 5.86. The molecule has 1 amide bonds. The molecule has 4 rings (SSSR count). The topological polar surface area (TPSA) is 74.4 Å². The molecule has 2 heterocycles. The van der Waals surface area contributed by atoms with Crippen LogP contribution >= 0.6 is 0 Å². The van der Waals surface area contributed by atoms with Crippen molar-refractivity contribution >= 4 is 16.8 Å². The van der Waals surface area contributed by atoms with Crippen LogP contribution in [0.4, 0.5) is 4.39 Å². The van der Waals surface area contributed by atoms with Gasteiger partial charge in [-0.25, -0.2) is 4.39 Å². The second-order valence-electron chi connectivity index (χ2n) is 6.90. The Labute approximate surface area is 139 Å². The Morgan fingerprint density at radius 3 is 2.96 bits per heavy atom. The van der Waals surface area contributed by atoms with E-state index in [9.17, 15) is 14.3 Å². The first-order valence-electron chi connectivity index (χ1n) is 8.39. The number of nitrogens with one attached hydrogen (secondary N) is 2. The number of carbonyl (C=O) groups excluding carboxylic acids is 1. The number of fused-ring (bicyclic) bond motifs is 1. The molecule has 5 nitrogen and oxygen atoms in total. The Morgan fingerprint density at radius 1 is 1.42 bits per heavy atom. The molecule has 1 aromatic carbocycles. The highest BCUT2D eigenvalue weighted by atomic mass is 19.1. The van der Waals surface area contributed by atoms with E-state index < -0.39 is 0 Å². The summed E-state index contributed by atoms with van der Waals surface area (Å²) in [5, 5.41) is 14.0. The minimum Gasteiger partial charge on any atom is -0.392 e. The number of halogens is 1. The van der Waals surface area contributed by atoms with Gasteiger partial charge in [0.05, 0.1) is 12.5 Å². The van der Waals surface area contributed by atoms with E-state index in [1.165, 1.54) is 12.1 Å². The third kappa shape index (κ3) is 2.50. The lowest BCUT2D eigenvalue weighted by Crippen LogP contribution is -2.65. The predicted octanol–water partition coefficient (Wildman–Crippen LogP) is 1.90. The molecular weight excluding hydrogens is 311 g/mol. The summed E-state index contributed by atoms with van der Waals surface area (Å²) >= 11 is 0. The molecule has 1 aromatic heterocycles. The molecule has 1 aliphatic carbocycles. The fourth-order valence-corrected chi connectivity index (χ4v) is 4.12. The van der Waals surface area contributed by atoms with Gasteiger partial charge >= 0.3 is 0 Å². The van der Waals surface area contributed by atoms with Gasteiger partial charge in [-0.05, 0) is 43.0 Å². The number of benzene rings is 1. The number of rotatable bonds is 3. The molecule has 2 aromatic rings. The minimum absolute atomic E-state index is 0.00848. The van der Waals surface area contributed by atoms with Gasteiger partial charge in [0.15, 0.2) is 0 Å². The lowest BCUT2D eigenvalue weighted by molar-refractivity contribution is -0.155. The van der Waals surface area contributed by atoms with E-state index in [4.69, 9.17) is 4.74 Å². The Balaban J connectivity index is 1.46. The molecule has 1 spiro atoms. The third-order valence-corrected chi connectivity index (χ3v) is 5.66. The maximum atomic E-state index is 13.4. The van der Waals surface area contributed by atoms with E-state index in [-0.39, 0.29) is 35.7 Å². The lowest BCUT2D eigenvalue weighted by Gasteiger charge is -2.55. The van der Waals surface area contributed by atoms with Crippen LogP contribution in [0.1, 0.15) is 24.8 Å². The maximum absolute atomic E-state index is 13.4. The highest BCUT2D eigenvalue weighted by molar-refractivity contribution is 5.89. The summed E-state index contributed by atoms with van der Waals surface area (Å²) in [7, 11) is 0. The Morgan fingerprint density at radius 2 is 2.21 bits per heavy atom. The van der Waals surface area contributed by atoms with Crippen molar-refractivity contribution in [3.05, 3.63) is 35.8 Å². The van der Waals surface area contributed by atoms with Crippen molar-refractivity contribution in [2.75, 3.05) is 13.2 Å².